The van der Waals surface area contributed by atoms with Crippen LogP contribution in [0, 0.1) is 13.8 Å². The zero-order valence-corrected chi connectivity index (χ0v) is 16.2. The maximum Gasteiger partial charge on any atom is 0.276 e. The minimum Gasteiger partial charge on any atom is -0.508 e. The van der Waals surface area contributed by atoms with E-state index < -0.39 is 21.3 Å². The van der Waals surface area contributed by atoms with Gasteiger partial charge in [0, 0.05) is 11.8 Å². The number of phenols is 1. The second-order valence-electron chi connectivity index (χ2n) is 6.07. The lowest BCUT2D eigenvalue weighted by Gasteiger charge is -2.17. The zero-order valence-electron chi connectivity index (χ0n) is 14.6. The standard InChI is InChI=1S/C16H16N4O5S2/c1-6-4-5-8(21)7(2)11(6)20-13(17)9(14(18)22)10-12(15(20)23)26-16(19-10)27(3,24)25/h4-5,21H,17H2,1-3H3,(H2,18,22). The maximum absolute atomic E-state index is 13.1. The number of nitrogen functional groups attached to an aromatic ring is 1. The van der Waals surface area contributed by atoms with Gasteiger partial charge in [0.2, 0.25) is 14.2 Å². The second kappa shape index (κ2) is 6.06. The first kappa shape index (κ1) is 18.9. The van der Waals surface area contributed by atoms with Crippen LogP contribution in [0.1, 0.15) is 21.5 Å². The Bertz CT molecular complexity index is 1290. The van der Waals surface area contributed by atoms with E-state index in [-0.39, 0.29) is 37.4 Å². The summed E-state index contributed by atoms with van der Waals surface area (Å²) in [5, 5.41) is 10.0. The summed E-state index contributed by atoms with van der Waals surface area (Å²) in [6, 6.07) is 3.06. The van der Waals surface area contributed by atoms with Crippen LogP contribution in [0.2, 0.25) is 0 Å². The van der Waals surface area contributed by atoms with E-state index in [1.54, 1.807) is 19.9 Å². The third-order valence-corrected chi connectivity index (χ3v) is 6.85. The average molecular weight is 408 g/mol. The molecule has 1 aromatic carbocycles. The van der Waals surface area contributed by atoms with E-state index in [9.17, 15) is 23.1 Å². The summed E-state index contributed by atoms with van der Waals surface area (Å²) in [7, 11) is -3.71. The van der Waals surface area contributed by atoms with Crippen LogP contribution in [0.4, 0.5) is 5.82 Å². The minimum atomic E-state index is -3.71. The molecule has 0 spiro atoms. The number of aromatic hydroxyl groups is 1. The van der Waals surface area contributed by atoms with Gasteiger partial charge in [-0.25, -0.2) is 13.4 Å². The quantitative estimate of drug-likeness (QED) is 0.579. The first-order valence-corrected chi connectivity index (χ1v) is 10.3. The van der Waals surface area contributed by atoms with Gasteiger partial charge in [0.25, 0.3) is 11.5 Å². The monoisotopic (exact) mass is 408 g/mol. The Labute approximate surface area is 157 Å². The van der Waals surface area contributed by atoms with Crippen LogP contribution in [0.3, 0.4) is 0 Å². The summed E-state index contributed by atoms with van der Waals surface area (Å²) in [4.78, 5) is 29.0. The van der Waals surface area contributed by atoms with Crippen molar-refractivity contribution in [2.24, 2.45) is 5.73 Å². The molecule has 0 saturated heterocycles. The van der Waals surface area contributed by atoms with Crippen molar-refractivity contribution in [2.45, 2.75) is 18.2 Å². The number of aromatic nitrogens is 2. The SMILES string of the molecule is Cc1ccc(O)c(C)c1-n1c(N)c(C(N)=O)c2nc(S(C)(=O)=O)sc2c1=O. The number of sulfone groups is 1. The van der Waals surface area contributed by atoms with Gasteiger partial charge in [0.15, 0.2) is 0 Å². The molecule has 0 radical (unpaired) electrons. The molecule has 0 aliphatic heterocycles. The number of fused-ring (bicyclic) bond motifs is 1. The molecule has 0 saturated carbocycles. The van der Waals surface area contributed by atoms with Crippen molar-refractivity contribution < 1.29 is 18.3 Å². The Kier molecular flexibility index (Phi) is 4.23. The van der Waals surface area contributed by atoms with E-state index in [1.165, 1.54) is 6.07 Å². The topological polar surface area (TPSA) is 158 Å². The third-order valence-electron chi connectivity index (χ3n) is 4.13. The summed E-state index contributed by atoms with van der Waals surface area (Å²) >= 11 is 0.638. The van der Waals surface area contributed by atoms with Crippen LogP contribution >= 0.6 is 11.3 Å². The largest absolute Gasteiger partial charge is 0.508 e. The molecule has 142 valence electrons. The van der Waals surface area contributed by atoms with Gasteiger partial charge in [-0.2, -0.15) is 0 Å². The van der Waals surface area contributed by atoms with Gasteiger partial charge < -0.3 is 16.6 Å². The number of primary amides is 1. The molecule has 27 heavy (non-hydrogen) atoms. The van der Waals surface area contributed by atoms with Gasteiger partial charge in [-0.3, -0.25) is 14.2 Å². The number of nitrogens with two attached hydrogens (primary N) is 2. The normalized spacial score (nSPS) is 11.8. The second-order valence-corrected chi connectivity index (χ2v) is 9.26. The number of nitrogens with zero attached hydrogens (tertiary/aromatic N) is 2. The number of aryl methyl sites for hydroxylation is 1. The molecule has 2 heterocycles. The number of rotatable bonds is 3. The highest BCUT2D eigenvalue weighted by molar-refractivity contribution is 7.92. The van der Waals surface area contributed by atoms with Crippen molar-refractivity contribution >= 4 is 43.1 Å². The summed E-state index contributed by atoms with van der Waals surface area (Å²) in [6.45, 7) is 3.29. The number of hydrogen-bond donors (Lipinski definition) is 3. The molecule has 2 aromatic heterocycles. The smallest absolute Gasteiger partial charge is 0.276 e. The van der Waals surface area contributed by atoms with E-state index in [0.29, 0.717) is 22.5 Å². The number of hydrogen-bond acceptors (Lipinski definition) is 8. The lowest BCUT2D eigenvalue weighted by atomic mass is 10.1. The van der Waals surface area contributed by atoms with Crippen molar-refractivity contribution in [2.75, 3.05) is 12.0 Å². The Morgan fingerprint density at radius 3 is 2.48 bits per heavy atom. The number of pyridine rings is 1. The molecule has 3 aromatic rings. The predicted octanol–water partition coefficient (Wildman–Crippen LogP) is 0.854. The van der Waals surface area contributed by atoms with Crippen LogP contribution in [-0.4, -0.2) is 35.2 Å². The fraction of sp³-hybridized carbons (Fsp3) is 0.188. The Balaban J connectivity index is 2.59. The summed E-state index contributed by atoms with van der Waals surface area (Å²) in [5.74, 6) is -1.29. The first-order chi connectivity index (χ1) is 12.4. The number of amides is 1. The highest BCUT2D eigenvalue weighted by atomic mass is 32.2. The van der Waals surface area contributed by atoms with Crippen molar-refractivity contribution in [3.63, 3.8) is 0 Å². The molecular weight excluding hydrogens is 392 g/mol. The van der Waals surface area contributed by atoms with Crippen molar-refractivity contribution in [1.29, 1.82) is 0 Å². The summed E-state index contributed by atoms with van der Waals surface area (Å²) < 4.78 is 24.4. The zero-order chi connectivity index (χ0) is 20.3. The summed E-state index contributed by atoms with van der Waals surface area (Å²) in [6.07, 6.45) is 0.945. The van der Waals surface area contributed by atoms with Gasteiger partial charge in [0.1, 0.15) is 27.3 Å². The predicted molar refractivity (Wildman–Crippen MR) is 102 cm³/mol. The molecule has 0 unspecified atom stereocenters. The molecule has 5 N–H and O–H groups in total. The van der Waals surface area contributed by atoms with Crippen LogP contribution in [0.15, 0.2) is 21.3 Å². The molecule has 0 atom stereocenters. The van der Waals surface area contributed by atoms with Gasteiger partial charge in [-0.05, 0) is 25.5 Å². The average Bonchev–Trinajstić information content (AvgIpc) is 2.99. The molecule has 0 bridgehead atoms. The number of anilines is 1. The van der Waals surface area contributed by atoms with Crippen LogP contribution in [0.25, 0.3) is 15.9 Å². The molecule has 11 heteroatoms. The lowest BCUT2D eigenvalue weighted by molar-refractivity contribution is 0.100. The number of benzene rings is 1. The molecule has 0 fully saturated rings. The van der Waals surface area contributed by atoms with Gasteiger partial charge in [0.05, 0.1) is 5.69 Å². The maximum atomic E-state index is 13.1. The van der Waals surface area contributed by atoms with Gasteiger partial charge in [-0.1, -0.05) is 17.4 Å². The van der Waals surface area contributed by atoms with Crippen LogP contribution in [0.5, 0.6) is 5.75 Å². The van der Waals surface area contributed by atoms with Gasteiger partial charge >= 0.3 is 0 Å². The van der Waals surface area contributed by atoms with Crippen molar-refractivity contribution in [3.8, 4) is 11.4 Å². The fourth-order valence-electron chi connectivity index (χ4n) is 2.85. The van der Waals surface area contributed by atoms with Crippen LogP contribution in [-0.2, 0) is 9.84 Å². The lowest BCUT2D eigenvalue weighted by Crippen LogP contribution is -2.27. The van der Waals surface area contributed by atoms with Crippen LogP contribution < -0.4 is 17.0 Å². The molecule has 1 amide bonds. The third kappa shape index (κ3) is 2.84. The number of phenolic OH excluding ortho intramolecular Hbond substituents is 1. The van der Waals surface area contributed by atoms with Gasteiger partial charge in [-0.15, -0.1) is 0 Å². The first-order valence-electron chi connectivity index (χ1n) is 7.59. The highest BCUT2D eigenvalue weighted by Gasteiger charge is 2.26. The fourth-order valence-corrected chi connectivity index (χ4v) is 4.70. The Morgan fingerprint density at radius 1 is 1.30 bits per heavy atom. The van der Waals surface area contributed by atoms with Crippen molar-refractivity contribution in [1.82, 2.24) is 9.55 Å². The minimum absolute atomic E-state index is 0.0660. The van der Waals surface area contributed by atoms with E-state index in [1.807, 2.05) is 0 Å². The van der Waals surface area contributed by atoms with E-state index in [0.717, 1.165) is 10.8 Å². The molecule has 9 nitrogen and oxygen atoms in total. The highest BCUT2D eigenvalue weighted by Crippen LogP contribution is 2.32. The van der Waals surface area contributed by atoms with Crippen molar-refractivity contribution in [3.05, 3.63) is 39.2 Å². The Morgan fingerprint density at radius 2 is 1.93 bits per heavy atom. The van der Waals surface area contributed by atoms with E-state index >= 15 is 0 Å². The number of carbonyl (C=O) groups is 1. The van der Waals surface area contributed by atoms with E-state index in [2.05, 4.69) is 4.98 Å². The molecule has 0 aliphatic carbocycles. The molecular formula is C16H16N4O5S2. The van der Waals surface area contributed by atoms with E-state index in [4.69, 9.17) is 11.5 Å². The summed E-state index contributed by atoms with van der Waals surface area (Å²) in [5.41, 5.74) is 11.7. The molecule has 0 aliphatic rings. The number of carbonyl (C=O) groups excluding carboxylic acids is 1. The number of thiazole rings is 1. The molecule has 3 rings (SSSR count). The Hall–Kier alpha value is -2.92.